The molecule has 0 spiro atoms. The predicted molar refractivity (Wildman–Crippen MR) is 146 cm³/mol. The number of benzene rings is 2. The summed E-state index contributed by atoms with van der Waals surface area (Å²) in [4.78, 5) is 39.6. The van der Waals surface area contributed by atoms with Crippen molar-refractivity contribution in [3.05, 3.63) is 60.2 Å². The molecule has 0 bridgehead atoms. The Morgan fingerprint density at radius 2 is 1.87 bits per heavy atom. The molecule has 2 amide bonds. The van der Waals surface area contributed by atoms with Crippen molar-refractivity contribution < 1.29 is 24.2 Å². The van der Waals surface area contributed by atoms with Crippen molar-refractivity contribution in [2.45, 2.75) is 32.3 Å². The number of piperidine rings is 1. The first-order chi connectivity index (χ1) is 18.4. The van der Waals surface area contributed by atoms with Crippen molar-refractivity contribution in [3.63, 3.8) is 0 Å². The number of carbonyl (C=O) groups excluding carboxylic acids is 2. The minimum Gasteiger partial charge on any atom is -0.481 e. The van der Waals surface area contributed by atoms with Gasteiger partial charge in [0.25, 0.3) is 0 Å². The highest BCUT2D eigenvalue weighted by Crippen LogP contribution is 2.25. The number of amides is 2. The molecule has 0 aromatic heterocycles. The maximum atomic E-state index is 12.1. The van der Waals surface area contributed by atoms with Gasteiger partial charge in [-0.2, -0.15) is 0 Å². The molecule has 1 saturated heterocycles. The molecule has 2 aliphatic heterocycles. The number of ether oxygens (including phenoxy) is 1. The number of nitrogens with one attached hydrogen (secondary N) is 3. The van der Waals surface area contributed by atoms with E-state index in [0.717, 1.165) is 68.3 Å². The van der Waals surface area contributed by atoms with Gasteiger partial charge in [0, 0.05) is 50.0 Å². The number of hydrogen-bond donors (Lipinski definition) is 5. The highest BCUT2D eigenvalue weighted by molar-refractivity contribution is 5.94. The molecule has 2 heterocycles. The van der Waals surface area contributed by atoms with Crippen LogP contribution in [-0.2, 0) is 20.9 Å². The third kappa shape index (κ3) is 10.00. The normalized spacial score (nSPS) is 15.2. The minimum absolute atomic E-state index is 0.0345. The molecule has 2 aliphatic rings. The fourth-order valence-corrected chi connectivity index (χ4v) is 4.10. The molecule has 6 N–H and O–H groups in total. The fraction of sp³-hybridized carbons (Fsp3) is 0.407. The monoisotopic (exact) mass is 524 g/mol. The van der Waals surface area contributed by atoms with Gasteiger partial charge in [-0.05, 0) is 43.0 Å². The Morgan fingerprint density at radius 3 is 2.53 bits per heavy atom. The number of rotatable bonds is 8. The molecular formula is C27H36N6O5. The summed E-state index contributed by atoms with van der Waals surface area (Å²) in [5.41, 5.74) is 7.84. The van der Waals surface area contributed by atoms with Crippen molar-refractivity contribution in [1.29, 1.82) is 0 Å². The van der Waals surface area contributed by atoms with Crippen molar-refractivity contribution in [1.82, 2.24) is 10.6 Å². The third-order valence-corrected chi connectivity index (χ3v) is 6.10. The molecule has 0 atom stereocenters. The zero-order valence-electron chi connectivity index (χ0n) is 21.4. The van der Waals surface area contributed by atoms with Gasteiger partial charge in [0.2, 0.25) is 5.91 Å². The van der Waals surface area contributed by atoms with Crippen LogP contribution in [0.3, 0.4) is 0 Å². The van der Waals surface area contributed by atoms with E-state index in [-0.39, 0.29) is 31.4 Å². The van der Waals surface area contributed by atoms with Crippen molar-refractivity contribution in [2.75, 3.05) is 42.9 Å². The molecule has 0 aliphatic carbocycles. The van der Waals surface area contributed by atoms with E-state index in [4.69, 9.17) is 10.8 Å². The Kier molecular flexibility index (Phi) is 11.2. The largest absolute Gasteiger partial charge is 0.481 e. The number of nitrogens with two attached hydrogens (primary N) is 1. The second kappa shape index (κ2) is 15.1. The number of primary amides is 1. The lowest BCUT2D eigenvalue weighted by Gasteiger charge is -2.33. The molecule has 11 heteroatoms. The second-order valence-corrected chi connectivity index (χ2v) is 8.98. The van der Waals surface area contributed by atoms with Crippen molar-refractivity contribution >= 4 is 35.3 Å². The minimum atomic E-state index is -0.895. The van der Waals surface area contributed by atoms with Crippen LogP contribution >= 0.6 is 0 Å². The molecule has 2 aromatic rings. The van der Waals surface area contributed by atoms with Crippen LogP contribution < -0.4 is 26.6 Å². The number of aliphatic carboxylic acids is 1. The summed E-state index contributed by atoms with van der Waals surface area (Å²) in [5.74, 6) is -0.159. The number of carboxylic acid groups (broad SMARTS) is 1. The first-order valence-electron chi connectivity index (χ1n) is 12.8. The molecular weight excluding hydrogens is 488 g/mol. The van der Waals surface area contributed by atoms with Crippen LogP contribution in [0.5, 0.6) is 0 Å². The smallest absolute Gasteiger partial charge is 0.404 e. The Hall–Kier alpha value is -4.28. The molecule has 2 aromatic carbocycles. The van der Waals surface area contributed by atoms with Crippen LogP contribution in [0.4, 0.5) is 16.2 Å². The lowest BCUT2D eigenvalue weighted by Crippen LogP contribution is -2.41. The lowest BCUT2D eigenvalue weighted by atomic mass is 9.95. The number of hydrogen-bond acceptors (Lipinski definition) is 8. The lowest BCUT2D eigenvalue weighted by molar-refractivity contribution is -0.137. The van der Waals surface area contributed by atoms with Gasteiger partial charge in [-0.1, -0.05) is 36.4 Å². The van der Waals surface area contributed by atoms with Gasteiger partial charge in [0.05, 0.1) is 6.42 Å². The summed E-state index contributed by atoms with van der Waals surface area (Å²) in [7, 11) is 0. The van der Waals surface area contributed by atoms with E-state index >= 15 is 0 Å². The summed E-state index contributed by atoms with van der Waals surface area (Å²) in [6.45, 7) is 3.83. The molecule has 11 nitrogen and oxygen atoms in total. The number of aliphatic imine (C=N–C) groups is 1. The maximum Gasteiger partial charge on any atom is 0.404 e. The molecule has 0 radical (unpaired) electrons. The maximum absolute atomic E-state index is 12.1. The van der Waals surface area contributed by atoms with E-state index < -0.39 is 12.1 Å². The first kappa shape index (κ1) is 28.3. The van der Waals surface area contributed by atoms with Crippen LogP contribution in [0.2, 0.25) is 0 Å². The Morgan fingerprint density at radius 1 is 1.11 bits per heavy atom. The van der Waals surface area contributed by atoms with E-state index in [2.05, 4.69) is 42.7 Å². The van der Waals surface area contributed by atoms with E-state index in [0.29, 0.717) is 0 Å². The Balaban J connectivity index is 0.000000304. The SMILES string of the molecule is NC(=O)OCc1ccccc1.O=C(O)CCNC(=O)C1CCN(c2cccc(NC3=NCCCN3)c2)CC1. The van der Waals surface area contributed by atoms with Crippen molar-refractivity contribution in [3.8, 4) is 0 Å². The molecule has 1 fully saturated rings. The molecule has 0 saturated carbocycles. The Labute approximate surface area is 222 Å². The highest BCUT2D eigenvalue weighted by atomic mass is 16.5. The molecule has 204 valence electrons. The van der Waals surface area contributed by atoms with Crippen LogP contribution in [-0.4, -0.2) is 61.8 Å². The standard InChI is InChI=1S/C19H27N5O3.C8H9NO2/c25-17(26)5-10-20-18(27)14-6-11-24(12-7-14)16-4-1-3-15(13-16)23-19-21-8-2-9-22-19;9-8(10)11-6-7-4-2-1-3-5-7/h1,3-4,13-14H,2,5-12H2,(H,20,27)(H,25,26)(H2,21,22,23);1-5H,6H2,(H2,9,10). The number of guanidine groups is 1. The zero-order chi connectivity index (χ0) is 27.2. The summed E-state index contributed by atoms with van der Waals surface area (Å²) in [5, 5.41) is 17.9. The van der Waals surface area contributed by atoms with Crippen LogP contribution in [0.1, 0.15) is 31.2 Å². The summed E-state index contributed by atoms with van der Waals surface area (Å²) in [6, 6.07) is 17.6. The van der Waals surface area contributed by atoms with Crippen molar-refractivity contribution in [2.24, 2.45) is 16.6 Å². The van der Waals surface area contributed by atoms with Crippen LogP contribution in [0.25, 0.3) is 0 Å². The average Bonchev–Trinajstić information content (AvgIpc) is 2.93. The Bertz CT molecular complexity index is 1090. The first-order valence-corrected chi connectivity index (χ1v) is 12.8. The van der Waals surface area contributed by atoms with E-state index in [1.54, 1.807) is 0 Å². The number of anilines is 2. The van der Waals surface area contributed by atoms with Crippen LogP contribution in [0, 0.1) is 5.92 Å². The highest BCUT2D eigenvalue weighted by Gasteiger charge is 2.25. The van der Waals surface area contributed by atoms with E-state index in [9.17, 15) is 14.4 Å². The number of carboxylic acids is 1. The zero-order valence-corrected chi connectivity index (χ0v) is 21.4. The van der Waals surface area contributed by atoms with Gasteiger partial charge in [-0.25, -0.2) is 4.79 Å². The van der Waals surface area contributed by atoms with Gasteiger partial charge in [-0.3, -0.25) is 14.6 Å². The second-order valence-electron chi connectivity index (χ2n) is 8.98. The quantitative estimate of drug-likeness (QED) is 0.352. The van der Waals surface area contributed by atoms with E-state index in [1.165, 1.54) is 0 Å². The summed E-state index contributed by atoms with van der Waals surface area (Å²) < 4.78 is 4.57. The number of nitrogens with zero attached hydrogens (tertiary/aromatic N) is 2. The molecule has 0 unspecified atom stereocenters. The van der Waals surface area contributed by atoms with Gasteiger partial charge < -0.3 is 36.4 Å². The average molecular weight is 525 g/mol. The topological polar surface area (TPSA) is 158 Å². The van der Waals surface area contributed by atoms with Gasteiger partial charge >= 0.3 is 12.1 Å². The number of carbonyl (C=O) groups is 3. The molecule has 38 heavy (non-hydrogen) atoms. The summed E-state index contributed by atoms with van der Waals surface area (Å²) in [6.07, 6.45) is 1.82. The predicted octanol–water partition coefficient (Wildman–Crippen LogP) is 2.54. The van der Waals surface area contributed by atoms with Gasteiger partial charge in [0.15, 0.2) is 5.96 Å². The van der Waals surface area contributed by atoms with Crippen LogP contribution in [0.15, 0.2) is 59.6 Å². The summed E-state index contributed by atoms with van der Waals surface area (Å²) >= 11 is 0. The van der Waals surface area contributed by atoms with Gasteiger partial charge in [-0.15, -0.1) is 0 Å². The fourth-order valence-electron chi connectivity index (χ4n) is 4.10. The van der Waals surface area contributed by atoms with E-state index in [1.807, 2.05) is 42.5 Å². The van der Waals surface area contributed by atoms with Gasteiger partial charge in [0.1, 0.15) is 6.61 Å². The molecule has 4 rings (SSSR count). The third-order valence-electron chi connectivity index (χ3n) is 6.10.